The van der Waals surface area contributed by atoms with Crippen molar-refractivity contribution in [2.45, 2.75) is 6.92 Å². The summed E-state index contributed by atoms with van der Waals surface area (Å²) in [5.41, 5.74) is 3.10. The highest BCUT2D eigenvalue weighted by Gasteiger charge is 2.25. The quantitative estimate of drug-likeness (QED) is 0.668. The molecule has 0 atom stereocenters. The topological polar surface area (TPSA) is 69.5 Å². The van der Waals surface area contributed by atoms with Crippen molar-refractivity contribution in [1.29, 1.82) is 5.26 Å². The Balaban J connectivity index is 1.59. The number of hydrogen-bond acceptors (Lipinski definition) is 5. The SMILES string of the molecule is COc1ccc(C(=O)N2CCN(c3c(C#N)cnc4c(C)cc(F)cc34)CC2)cc1. The summed E-state index contributed by atoms with van der Waals surface area (Å²) in [6.07, 6.45) is 1.54. The predicted octanol–water partition coefficient (Wildman–Crippen LogP) is 3.53. The zero-order valence-corrected chi connectivity index (χ0v) is 16.9. The molecule has 1 aliphatic rings. The van der Waals surface area contributed by atoms with E-state index < -0.39 is 0 Å². The van der Waals surface area contributed by atoms with E-state index in [1.54, 1.807) is 43.2 Å². The van der Waals surface area contributed by atoms with E-state index in [9.17, 15) is 14.4 Å². The van der Waals surface area contributed by atoms with Gasteiger partial charge in [-0.1, -0.05) is 0 Å². The molecule has 2 aromatic carbocycles. The van der Waals surface area contributed by atoms with E-state index in [-0.39, 0.29) is 11.7 Å². The second-order valence-electron chi connectivity index (χ2n) is 7.26. The van der Waals surface area contributed by atoms with Gasteiger partial charge in [0.1, 0.15) is 17.6 Å². The fourth-order valence-corrected chi connectivity index (χ4v) is 3.89. The van der Waals surface area contributed by atoms with Gasteiger partial charge in [0.2, 0.25) is 0 Å². The van der Waals surface area contributed by atoms with E-state index in [2.05, 4.69) is 11.1 Å². The number of pyridine rings is 1. The highest BCUT2D eigenvalue weighted by Crippen LogP contribution is 2.32. The van der Waals surface area contributed by atoms with Crippen molar-refractivity contribution in [3.8, 4) is 11.8 Å². The summed E-state index contributed by atoms with van der Waals surface area (Å²) >= 11 is 0. The number of rotatable bonds is 3. The summed E-state index contributed by atoms with van der Waals surface area (Å²) in [6.45, 7) is 3.91. The lowest BCUT2D eigenvalue weighted by molar-refractivity contribution is 0.0747. The fraction of sp³-hybridized carbons (Fsp3) is 0.261. The van der Waals surface area contributed by atoms with Crippen molar-refractivity contribution >= 4 is 22.5 Å². The van der Waals surface area contributed by atoms with E-state index in [0.717, 1.165) is 5.56 Å². The van der Waals surface area contributed by atoms with Crippen LogP contribution in [0.2, 0.25) is 0 Å². The summed E-state index contributed by atoms with van der Waals surface area (Å²) in [4.78, 5) is 21.0. The van der Waals surface area contributed by atoms with Crippen LogP contribution in [0.4, 0.5) is 10.1 Å². The Kier molecular flexibility index (Phi) is 5.23. The lowest BCUT2D eigenvalue weighted by atomic mass is 10.0. The van der Waals surface area contributed by atoms with Crippen LogP contribution in [0.1, 0.15) is 21.5 Å². The first kappa shape index (κ1) is 19.6. The predicted molar refractivity (Wildman–Crippen MR) is 112 cm³/mol. The number of benzene rings is 2. The lowest BCUT2D eigenvalue weighted by Gasteiger charge is -2.37. The van der Waals surface area contributed by atoms with E-state index >= 15 is 0 Å². The summed E-state index contributed by atoms with van der Waals surface area (Å²) in [7, 11) is 1.59. The van der Waals surface area contributed by atoms with Crippen LogP contribution in [-0.2, 0) is 0 Å². The van der Waals surface area contributed by atoms with Crippen LogP contribution in [-0.4, -0.2) is 49.1 Å². The molecule has 3 aromatic rings. The zero-order chi connectivity index (χ0) is 21.3. The van der Waals surface area contributed by atoms with Gasteiger partial charge in [0.05, 0.1) is 23.9 Å². The minimum Gasteiger partial charge on any atom is -0.497 e. The average Bonchev–Trinajstić information content (AvgIpc) is 2.78. The molecule has 1 aromatic heterocycles. The molecule has 152 valence electrons. The van der Waals surface area contributed by atoms with Gasteiger partial charge in [-0.25, -0.2) is 4.39 Å². The van der Waals surface area contributed by atoms with Gasteiger partial charge < -0.3 is 14.5 Å². The number of amides is 1. The third-order valence-electron chi connectivity index (χ3n) is 5.44. The molecule has 7 heteroatoms. The Labute approximate surface area is 174 Å². The normalized spacial score (nSPS) is 13.9. The number of hydrogen-bond donors (Lipinski definition) is 0. The maximum absolute atomic E-state index is 14.1. The zero-order valence-electron chi connectivity index (χ0n) is 16.9. The summed E-state index contributed by atoms with van der Waals surface area (Å²) in [5.74, 6) is 0.304. The molecule has 1 amide bonds. The number of aryl methyl sites for hydroxylation is 1. The van der Waals surface area contributed by atoms with Crippen molar-refractivity contribution in [3.63, 3.8) is 0 Å². The van der Waals surface area contributed by atoms with Crippen LogP contribution < -0.4 is 9.64 Å². The van der Waals surface area contributed by atoms with E-state index in [1.807, 2.05) is 4.90 Å². The number of ether oxygens (including phenoxy) is 1. The number of anilines is 1. The standard InChI is InChI=1S/C23H21FN4O2/c1-15-11-18(24)12-20-21(15)26-14-17(13-25)22(20)27-7-9-28(10-8-27)23(29)16-3-5-19(30-2)6-4-16/h3-6,11-12,14H,7-10H2,1-2H3. The number of nitriles is 1. The summed E-state index contributed by atoms with van der Waals surface area (Å²) < 4.78 is 19.2. The minimum absolute atomic E-state index is 0.0423. The lowest BCUT2D eigenvalue weighted by Crippen LogP contribution is -2.49. The van der Waals surface area contributed by atoms with Crippen LogP contribution in [0.15, 0.2) is 42.6 Å². The van der Waals surface area contributed by atoms with Crippen LogP contribution in [0, 0.1) is 24.1 Å². The first-order chi connectivity index (χ1) is 14.5. The molecule has 6 nitrogen and oxygen atoms in total. The van der Waals surface area contributed by atoms with E-state index in [1.165, 1.54) is 18.3 Å². The van der Waals surface area contributed by atoms with Gasteiger partial charge in [0.25, 0.3) is 5.91 Å². The van der Waals surface area contributed by atoms with Crippen molar-refractivity contribution in [1.82, 2.24) is 9.88 Å². The minimum atomic E-state index is -0.355. The second kappa shape index (κ2) is 7.99. The molecule has 0 saturated carbocycles. The first-order valence-electron chi connectivity index (χ1n) is 9.69. The van der Waals surface area contributed by atoms with Crippen molar-refractivity contribution in [3.05, 3.63) is 65.1 Å². The third kappa shape index (κ3) is 3.52. The maximum Gasteiger partial charge on any atom is 0.253 e. The molecule has 0 bridgehead atoms. The van der Waals surface area contributed by atoms with Crippen LogP contribution in [0.25, 0.3) is 10.9 Å². The van der Waals surface area contributed by atoms with Gasteiger partial charge in [-0.15, -0.1) is 0 Å². The Morgan fingerprint density at radius 2 is 1.87 bits per heavy atom. The van der Waals surface area contributed by atoms with Crippen molar-refractivity contribution in [2.75, 3.05) is 38.2 Å². The maximum atomic E-state index is 14.1. The number of halogens is 1. The van der Waals surface area contributed by atoms with Crippen LogP contribution in [0.5, 0.6) is 5.75 Å². The highest BCUT2D eigenvalue weighted by atomic mass is 19.1. The van der Waals surface area contributed by atoms with Gasteiger partial charge in [0, 0.05) is 43.3 Å². The molecule has 1 saturated heterocycles. The smallest absolute Gasteiger partial charge is 0.253 e. The third-order valence-corrected chi connectivity index (χ3v) is 5.44. The number of carbonyl (C=O) groups is 1. The number of fused-ring (bicyclic) bond motifs is 1. The number of methoxy groups -OCH3 is 1. The van der Waals surface area contributed by atoms with Crippen LogP contribution in [0.3, 0.4) is 0 Å². The number of aromatic nitrogens is 1. The highest BCUT2D eigenvalue weighted by molar-refractivity contribution is 5.97. The molecule has 2 heterocycles. The van der Waals surface area contributed by atoms with Crippen molar-refractivity contribution in [2.24, 2.45) is 0 Å². The summed E-state index contributed by atoms with van der Waals surface area (Å²) in [6, 6.07) is 12.1. The Hall–Kier alpha value is -3.66. The number of piperazine rings is 1. The Morgan fingerprint density at radius 3 is 2.50 bits per heavy atom. The molecular weight excluding hydrogens is 383 g/mol. The number of carbonyl (C=O) groups excluding carboxylic acids is 1. The largest absolute Gasteiger partial charge is 0.497 e. The van der Waals surface area contributed by atoms with E-state index in [0.29, 0.717) is 59.6 Å². The molecule has 1 aliphatic heterocycles. The fourth-order valence-electron chi connectivity index (χ4n) is 3.89. The van der Waals surface area contributed by atoms with Crippen molar-refractivity contribution < 1.29 is 13.9 Å². The molecule has 30 heavy (non-hydrogen) atoms. The van der Waals surface area contributed by atoms with Gasteiger partial charge in [0.15, 0.2) is 0 Å². The van der Waals surface area contributed by atoms with Gasteiger partial charge >= 0.3 is 0 Å². The monoisotopic (exact) mass is 404 g/mol. The number of nitrogens with zero attached hydrogens (tertiary/aromatic N) is 4. The average molecular weight is 404 g/mol. The van der Waals surface area contributed by atoms with Crippen LogP contribution >= 0.6 is 0 Å². The van der Waals surface area contributed by atoms with Gasteiger partial charge in [-0.05, 0) is 48.9 Å². The second-order valence-corrected chi connectivity index (χ2v) is 7.26. The van der Waals surface area contributed by atoms with Gasteiger partial charge in [-0.2, -0.15) is 5.26 Å². The molecule has 0 N–H and O–H groups in total. The first-order valence-corrected chi connectivity index (χ1v) is 9.69. The molecule has 0 unspecified atom stereocenters. The molecule has 0 aliphatic carbocycles. The summed E-state index contributed by atoms with van der Waals surface area (Å²) in [5, 5.41) is 10.2. The molecule has 0 spiro atoms. The molecule has 1 fully saturated rings. The Bertz CT molecular complexity index is 1150. The molecule has 4 rings (SSSR count). The Morgan fingerprint density at radius 1 is 1.17 bits per heavy atom. The molecular formula is C23H21FN4O2. The van der Waals surface area contributed by atoms with Gasteiger partial charge in [-0.3, -0.25) is 9.78 Å². The van der Waals surface area contributed by atoms with E-state index in [4.69, 9.17) is 4.74 Å². The molecule has 0 radical (unpaired) electrons.